The number of hydrogen-bond donors (Lipinski definition) is 6. The zero-order chi connectivity index (χ0) is 27.4. The minimum Gasteiger partial charge on any atom is -0.481 e. The van der Waals surface area contributed by atoms with Crippen LogP contribution < -0.4 is 11.5 Å². The Morgan fingerprint density at radius 1 is 0.559 bits per heavy atom. The van der Waals surface area contributed by atoms with Crippen molar-refractivity contribution in [2.75, 3.05) is 13.1 Å². The van der Waals surface area contributed by atoms with E-state index in [1.807, 2.05) is 60.7 Å². The topological polar surface area (TPSA) is 226 Å². The van der Waals surface area contributed by atoms with Gasteiger partial charge in [0.05, 0.1) is 11.4 Å². The number of carboxylic acid groups (broad SMARTS) is 4. The van der Waals surface area contributed by atoms with E-state index in [-0.39, 0.29) is 0 Å². The average Bonchev–Trinajstić information content (AvgIpc) is 2.72. The van der Waals surface area contributed by atoms with Gasteiger partial charge in [-0.2, -0.15) is 10.2 Å². The molecule has 0 atom stereocenters. The number of carbonyl (C=O) groups is 4. The maximum atomic E-state index is 9.00. The highest BCUT2D eigenvalue weighted by Gasteiger charge is 1.86. The van der Waals surface area contributed by atoms with Crippen LogP contribution in [0.5, 0.6) is 0 Å². The molecule has 0 heterocycles. The third kappa shape index (κ3) is 63.0. The standard InChI is InChI=1S/C12H10N2.C2H8N2.4C2H4O2/c1-3-7-11(8-4-1)13-14-12-9-5-2-6-10-12;3-1-2-4;4*1-2(3)4/h1-10H;1-4H2;4*1H3,(H,3,4). The summed E-state index contributed by atoms with van der Waals surface area (Å²) < 4.78 is 0. The zero-order valence-electron chi connectivity index (χ0n) is 19.7. The Morgan fingerprint density at radius 3 is 0.882 bits per heavy atom. The molecule has 12 heteroatoms. The third-order valence-corrected chi connectivity index (χ3v) is 1.96. The van der Waals surface area contributed by atoms with E-state index < -0.39 is 23.9 Å². The maximum Gasteiger partial charge on any atom is 0.300 e. The second-order valence-corrected chi connectivity index (χ2v) is 5.52. The van der Waals surface area contributed by atoms with Crippen molar-refractivity contribution in [3.8, 4) is 0 Å². The van der Waals surface area contributed by atoms with Gasteiger partial charge >= 0.3 is 0 Å². The van der Waals surface area contributed by atoms with Crippen LogP contribution in [-0.2, 0) is 19.2 Å². The summed E-state index contributed by atoms with van der Waals surface area (Å²) in [5.41, 5.74) is 11.5. The van der Waals surface area contributed by atoms with Gasteiger partial charge in [-0.15, -0.1) is 0 Å². The molecule has 2 aromatic rings. The lowest BCUT2D eigenvalue weighted by Crippen LogP contribution is -2.11. The van der Waals surface area contributed by atoms with E-state index in [1.54, 1.807) is 0 Å². The quantitative estimate of drug-likeness (QED) is 0.349. The second kappa shape index (κ2) is 28.8. The van der Waals surface area contributed by atoms with Crippen LogP contribution in [0.3, 0.4) is 0 Å². The van der Waals surface area contributed by atoms with Crippen LogP contribution in [0.2, 0.25) is 0 Å². The molecule has 0 saturated carbocycles. The lowest BCUT2D eigenvalue weighted by molar-refractivity contribution is -0.135. The smallest absolute Gasteiger partial charge is 0.300 e. The summed E-state index contributed by atoms with van der Waals surface area (Å²) in [7, 11) is 0. The van der Waals surface area contributed by atoms with Gasteiger partial charge < -0.3 is 31.9 Å². The number of nitrogens with two attached hydrogens (primary N) is 2. The number of benzene rings is 2. The normalized spacial score (nSPS) is 8.18. The summed E-state index contributed by atoms with van der Waals surface area (Å²) in [5, 5.41) is 37.9. The molecule has 0 saturated heterocycles. The lowest BCUT2D eigenvalue weighted by Gasteiger charge is -1.91. The first kappa shape index (κ1) is 37.2. The van der Waals surface area contributed by atoms with Crippen LogP contribution in [0.15, 0.2) is 70.9 Å². The SMILES string of the molecule is CC(=O)O.CC(=O)O.CC(=O)O.CC(=O)O.NCCN.c1ccc(N=Nc2ccccc2)cc1. The molecule has 0 amide bonds. The molecule has 0 aliphatic carbocycles. The molecular weight excluding hydrogens is 448 g/mol. The molecule has 2 aromatic carbocycles. The summed E-state index contributed by atoms with van der Waals surface area (Å²) in [6.45, 7) is 5.53. The van der Waals surface area contributed by atoms with Gasteiger partial charge in [0.25, 0.3) is 23.9 Å². The Morgan fingerprint density at radius 2 is 0.735 bits per heavy atom. The average molecular weight is 483 g/mol. The Bertz CT molecular complexity index is 694. The highest BCUT2D eigenvalue weighted by Crippen LogP contribution is 2.16. The summed E-state index contributed by atoms with van der Waals surface area (Å²) in [4.78, 5) is 36.0. The molecule has 2 rings (SSSR count). The molecule has 0 unspecified atom stereocenters. The van der Waals surface area contributed by atoms with Crippen LogP contribution in [0.4, 0.5) is 11.4 Å². The summed E-state index contributed by atoms with van der Waals surface area (Å²) >= 11 is 0. The van der Waals surface area contributed by atoms with Gasteiger partial charge in [0, 0.05) is 40.8 Å². The van der Waals surface area contributed by atoms with Crippen molar-refractivity contribution in [1.82, 2.24) is 0 Å². The number of aliphatic carboxylic acids is 4. The number of carboxylic acids is 4. The summed E-state index contributed by atoms with van der Waals surface area (Å²) in [5.74, 6) is -3.33. The van der Waals surface area contributed by atoms with Crippen molar-refractivity contribution in [3.05, 3.63) is 60.7 Å². The molecule has 0 aliphatic rings. The predicted molar refractivity (Wildman–Crippen MR) is 128 cm³/mol. The molecule has 12 nitrogen and oxygen atoms in total. The first-order valence-electron chi connectivity index (χ1n) is 9.50. The van der Waals surface area contributed by atoms with Gasteiger partial charge in [-0.25, -0.2) is 0 Å². The molecule has 0 fully saturated rings. The zero-order valence-corrected chi connectivity index (χ0v) is 19.7. The monoisotopic (exact) mass is 482 g/mol. The minimum absolute atomic E-state index is 0.597. The summed E-state index contributed by atoms with van der Waals surface area (Å²) in [6.07, 6.45) is 0. The van der Waals surface area contributed by atoms with Crippen LogP contribution >= 0.6 is 0 Å². The fourth-order valence-electron chi connectivity index (χ4n) is 1.10. The first-order valence-corrected chi connectivity index (χ1v) is 9.50. The van der Waals surface area contributed by atoms with Gasteiger partial charge in [-0.05, 0) is 24.3 Å². The molecule has 0 aliphatic heterocycles. The molecule has 0 bridgehead atoms. The second-order valence-electron chi connectivity index (χ2n) is 5.52. The maximum absolute atomic E-state index is 9.00. The van der Waals surface area contributed by atoms with E-state index in [1.165, 1.54) is 0 Å². The minimum atomic E-state index is -0.833. The molecular formula is C22H34N4O8. The van der Waals surface area contributed by atoms with Gasteiger partial charge in [-0.3, -0.25) is 19.2 Å². The molecule has 0 radical (unpaired) electrons. The van der Waals surface area contributed by atoms with E-state index in [0.29, 0.717) is 13.1 Å². The van der Waals surface area contributed by atoms with Crippen LogP contribution in [0.1, 0.15) is 27.7 Å². The van der Waals surface area contributed by atoms with Crippen LogP contribution in [0.25, 0.3) is 0 Å². The van der Waals surface area contributed by atoms with E-state index in [9.17, 15) is 0 Å². The fourth-order valence-corrected chi connectivity index (χ4v) is 1.10. The van der Waals surface area contributed by atoms with Crippen molar-refractivity contribution in [3.63, 3.8) is 0 Å². The highest BCUT2D eigenvalue weighted by atomic mass is 16.4. The van der Waals surface area contributed by atoms with Crippen molar-refractivity contribution in [2.45, 2.75) is 27.7 Å². The predicted octanol–water partition coefficient (Wildman–Crippen LogP) is 3.37. The fraction of sp³-hybridized carbons (Fsp3) is 0.273. The Hall–Kier alpha value is -4.16. The molecule has 190 valence electrons. The highest BCUT2D eigenvalue weighted by molar-refractivity contribution is 5.63. The Kier molecular flexibility index (Phi) is 31.5. The number of azo groups is 1. The first-order chi connectivity index (χ1) is 15.8. The van der Waals surface area contributed by atoms with E-state index >= 15 is 0 Å². The molecule has 0 spiro atoms. The molecule has 34 heavy (non-hydrogen) atoms. The van der Waals surface area contributed by atoms with E-state index in [2.05, 4.69) is 10.2 Å². The number of hydrogen-bond acceptors (Lipinski definition) is 8. The van der Waals surface area contributed by atoms with Crippen molar-refractivity contribution in [2.24, 2.45) is 21.7 Å². The largest absolute Gasteiger partial charge is 0.481 e. The Labute approximate surface area is 198 Å². The lowest BCUT2D eigenvalue weighted by atomic mass is 10.3. The van der Waals surface area contributed by atoms with Gasteiger partial charge in [0.1, 0.15) is 0 Å². The van der Waals surface area contributed by atoms with Gasteiger partial charge in [-0.1, -0.05) is 36.4 Å². The van der Waals surface area contributed by atoms with Crippen molar-refractivity contribution < 1.29 is 39.6 Å². The van der Waals surface area contributed by atoms with E-state index in [0.717, 1.165) is 39.1 Å². The molecule has 0 aromatic heterocycles. The van der Waals surface area contributed by atoms with Gasteiger partial charge in [0.15, 0.2) is 0 Å². The molecule has 8 N–H and O–H groups in total. The van der Waals surface area contributed by atoms with Crippen molar-refractivity contribution >= 4 is 35.3 Å². The van der Waals surface area contributed by atoms with Crippen molar-refractivity contribution in [1.29, 1.82) is 0 Å². The Balaban J connectivity index is -0.000000187. The van der Waals surface area contributed by atoms with E-state index in [4.69, 9.17) is 51.1 Å². The van der Waals surface area contributed by atoms with Crippen LogP contribution in [-0.4, -0.2) is 57.4 Å². The van der Waals surface area contributed by atoms with Gasteiger partial charge in [0.2, 0.25) is 0 Å². The third-order valence-electron chi connectivity index (χ3n) is 1.96. The van der Waals surface area contributed by atoms with Crippen LogP contribution in [0, 0.1) is 0 Å². The number of nitrogens with zero attached hydrogens (tertiary/aromatic N) is 2. The number of rotatable bonds is 3. The summed E-state index contributed by atoms with van der Waals surface area (Å²) in [6, 6.07) is 19.4.